The average Bonchev–Trinajstić information content (AvgIpc) is 2.70. The summed E-state index contributed by atoms with van der Waals surface area (Å²) < 4.78 is 25.6. The van der Waals surface area contributed by atoms with Gasteiger partial charge in [-0.2, -0.15) is 0 Å². The molecule has 17 heavy (non-hydrogen) atoms. The van der Waals surface area contributed by atoms with Crippen LogP contribution in [0, 0.1) is 11.6 Å². The number of halogens is 2. The van der Waals surface area contributed by atoms with Gasteiger partial charge in [0.1, 0.15) is 0 Å². The molecule has 0 saturated carbocycles. The molecule has 1 aliphatic heterocycles. The summed E-state index contributed by atoms with van der Waals surface area (Å²) in [4.78, 5) is 13.2. The third-order valence-electron chi connectivity index (χ3n) is 2.68. The van der Waals surface area contributed by atoms with Crippen molar-refractivity contribution in [2.45, 2.75) is 12.5 Å². The van der Waals surface area contributed by atoms with Gasteiger partial charge in [0.05, 0.1) is 0 Å². The van der Waals surface area contributed by atoms with E-state index < -0.39 is 11.6 Å². The molecule has 1 heterocycles. The molecular weight excluding hydrogens is 228 g/mol. The zero-order valence-corrected chi connectivity index (χ0v) is 9.12. The molecule has 6 heteroatoms. The number of hydrogen-bond donors (Lipinski definition) is 2. The number of nitrogens with two attached hydrogens (primary N) is 1. The maximum absolute atomic E-state index is 12.9. The molecule has 1 aromatic carbocycles. The van der Waals surface area contributed by atoms with Gasteiger partial charge < -0.3 is 16.0 Å². The number of anilines is 1. The summed E-state index contributed by atoms with van der Waals surface area (Å²) in [5.74, 6) is -1.92. The summed E-state index contributed by atoms with van der Waals surface area (Å²) in [5, 5.41) is 2.50. The van der Waals surface area contributed by atoms with Gasteiger partial charge in [0, 0.05) is 30.9 Å². The Balaban J connectivity index is 2.00. The molecule has 1 aromatic rings. The number of nitrogens with one attached hydrogen (secondary N) is 1. The van der Waals surface area contributed by atoms with Crippen LogP contribution < -0.4 is 11.1 Å². The highest BCUT2D eigenvalue weighted by Gasteiger charge is 2.23. The van der Waals surface area contributed by atoms with Gasteiger partial charge >= 0.3 is 6.03 Å². The van der Waals surface area contributed by atoms with Crippen LogP contribution in [0.5, 0.6) is 0 Å². The topological polar surface area (TPSA) is 58.4 Å². The SMILES string of the molecule is N[C@@H]1CCN(C(=O)Nc2ccc(F)c(F)c2)C1. The Bertz CT molecular complexity index is 439. The zero-order chi connectivity index (χ0) is 12.4. The number of rotatable bonds is 1. The van der Waals surface area contributed by atoms with E-state index in [2.05, 4.69) is 5.32 Å². The Morgan fingerprint density at radius 1 is 1.41 bits per heavy atom. The molecule has 1 saturated heterocycles. The van der Waals surface area contributed by atoms with E-state index in [4.69, 9.17) is 5.73 Å². The van der Waals surface area contributed by atoms with E-state index in [0.29, 0.717) is 13.1 Å². The lowest BCUT2D eigenvalue weighted by molar-refractivity contribution is 0.222. The van der Waals surface area contributed by atoms with Crippen LogP contribution in [0.25, 0.3) is 0 Å². The van der Waals surface area contributed by atoms with E-state index in [1.165, 1.54) is 6.07 Å². The van der Waals surface area contributed by atoms with E-state index in [-0.39, 0.29) is 17.8 Å². The number of nitrogens with zero attached hydrogens (tertiary/aromatic N) is 1. The van der Waals surface area contributed by atoms with Gasteiger partial charge in [-0.1, -0.05) is 0 Å². The third kappa shape index (κ3) is 2.71. The highest BCUT2D eigenvalue weighted by molar-refractivity contribution is 5.89. The first kappa shape index (κ1) is 11.8. The van der Waals surface area contributed by atoms with Crippen molar-refractivity contribution < 1.29 is 13.6 Å². The van der Waals surface area contributed by atoms with Crippen LogP contribution in [0.15, 0.2) is 18.2 Å². The quantitative estimate of drug-likeness (QED) is 0.783. The lowest BCUT2D eigenvalue weighted by atomic mass is 10.3. The van der Waals surface area contributed by atoms with Gasteiger partial charge in [-0.15, -0.1) is 0 Å². The lowest BCUT2D eigenvalue weighted by Gasteiger charge is -2.16. The van der Waals surface area contributed by atoms with Crippen molar-refractivity contribution in [1.82, 2.24) is 4.90 Å². The van der Waals surface area contributed by atoms with Crippen LogP contribution in [-0.4, -0.2) is 30.1 Å². The van der Waals surface area contributed by atoms with Crippen molar-refractivity contribution in [2.24, 2.45) is 5.73 Å². The highest BCUT2D eigenvalue weighted by atomic mass is 19.2. The summed E-state index contributed by atoms with van der Waals surface area (Å²) in [6.45, 7) is 1.06. The molecule has 2 amide bonds. The van der Waals surface area contributed by atoms with Crippen LogP contribution >= 0.6 is 0 Å². The number of urea groups is 1. The van der Waals surface area contributed by atoms with E-state index in [1.807, 2.05) is 0 Å². The fourth-order valence-electron chi connectivity index (χ4n) is 1.75. The third-order valence-corrected chi connectivity index (χ3v) is 2.68. The second-order valence-electron chi connectivity index (χ2n) is 4.05. The number of hydrogen-bond acceptors (Lipinski definition) is 2. The fourth-order valence-corrected chi connectivity index (χ4v) is 1.75. The van der Waals surface area contributed by atoms with Crippen molar-refractivity contribution in [3.8, 4) is 0 Å². The van der Waals surface area contributed by atoms with Crippen molar-refractivity contribution >= 4 is 11.7 Å². The van der Waals surface area contributed by atoms with E-state index in [1.54, 1.807) is 4.90 Å². The first-order valence-electron chi connectivity index (χ1n) is 5.33. The number of carbonyl (C=O) groups excluding carboxylic acids is 1. The molecule has 1 fully saturated rings. The highest BCUT2D eigenvalue weighted by Crippen LogP contribution is 2.15. The average molecular weight is 241 g/mol. The minimum absolute atomic E-state index is 0.00861. The molecule has 0 unspecified atom stereocenters. The molecule has 92 valence electrons. The molecule has 2 rings (SSSR count). The molecule has 0 aliphatic carbocycles. The molecule has 0 spiro atoms. The molecule has 1 atom stereocenters. The lowest BCUT2D eigenvalue weighted by Crippen LogP contribution is -2.35. The van der Waals surface area contributed by atoms with Gasteiger partial charge in [-0.3, -0.25) is 0 Å². The first-order chi connectivity index (χ1) is 8.06. The number of likely N-dealkylation sites (tertiary alicyclic amines) is 1. The van der Waals surface area contributed by atoms with Crippen LogP contribution in [0.1, 0.15) is 6.42 Å². The van der Waals surface area contributed by atoms with Crippen molar-refractivity contribution in [3.05, 3.63) is 29.8 Å². The molecule has 1 aliphatic rings. The van der Waals surface area contributed by atoms with E-state index >= 15 is 0 Å². The van der Waals surface area contributed by atoms with Gasteiger partial charge in [0.25, 0.3) is 0 Å². The zero-order valence-electron chi connectivity index (χ0n) is 9.12. The van der Waals surface area contributed by atoms with Crippen LogP contribution in [0.4, 0.5) is 19.3 Å². The molecular formula is C11H13F2N3O. The molecule has 0 radical (unpaired) electrons. The maximum Gasteiger partial charge on any atom is 0.321 e. The molecule has 3 N–H and O–H groups in total. The Labute approximate surface area is 97.4 Å². The van der Waals surface area contributed by atoms with Crippen molar-refractivity contribution in [1.29, 1.82) is 0 Å². The van der Waals surface area contributed by atoms with Crippen LogP contribution in [0.3, 0.4) is 0 Å². The molecule has 0 aromatic heterocycles. The summed E-state index contributed by atoms with van der Waals surface area (Å²) in [6.07, 6.45) is 0.755. The maximum atomic E-state index is 12.9. The Hall–Kier alpha value is -1.69. The van der Waals surface area contributed by atoms with Gasteiger partial charge in [-0.05, 0) is 18.6 Å². The number of benzene rings is 1. The van der Waals surface area contributed by atoms with E-state index in [9.17, 15) is 13.6 Å². The molecule has 0 bridgehead atoms. The Morgan fingerprint density at radius 3 is 2.76 bits per heavy atom. The minimum Gasteiger partial charge on any atom is -0.326 e. The van der Waals surface area contributed by atoms with Crippen molar-refractivity contribution in [3.63, 3.8) is 0 Å². The van der Waals surface area contributed by atoms with Crippen LogP contribution in [0.2, 0.25) is 0 Å². The minimum atomic E-state index is -0.985. The first-order valence-corrected chi connectivity index (χ1v) is 5.33. The fraction of sp³-hybridized carbons (Fsp3) is 0.364. The predicted molar refractivity (Wildman–Crippen MR) is 59.5 cm³/mol. The van der Waals surface area contributed by atoms with Gasteiger partial charge in [0.2, 0.25) is 0 Å². The predicted octanol–water partition coefficient (Wildman–Crippen LogP) is 1.53. The van der Waals surface area contributed by atoms with Gasteiger partial charge in [0.15, 0.2) is 11.6 Å². The molecule has 4 nitrogen and oxygen atoms in total. The standard InChI is InChI=1S/C11H13F2N3O/c12-9-2-1-8(5-10(9)13)15-11(17)16-4-3-7(14)6-16/h1-2,5,7H,3-4,6,14H2,(H,15,17)/t7-/m1/s1. The summed E-state index contributed by atoms with van der Waals surface area (Å²) >= 11 is 0. The summed E-state index contributed by atoms with van der Waals surface area (Å²) in [6, 6.07) is 2.88. The smallest absolute Gasteiger partial charge is 0.321 e. The summed E-state index contributed by atoms with van der Waals surface area (Å²) in [7, 11) is 0. The Morgan fingerprint density at radius 2 is 2.18 bits per heavy atom. The second-order valence-corrected chi connectivity index (χ2v) is 4.05. The normalized spacial score (nSPS) is 19.5. The number of carbonyl (C=O) groups is 1. The largest absolute Gasteiger partial charge is 0.326 e. The Kier molecular flexibility index (Phi) is 3.23. The number of amides is 2. The summed E-state index contributed by atoms with van der Waals surface area (Å²) in [5.41, 5.74) is 5.90. The second kappa shape index (κ2) is 4.67. The van der Waals surface area contributed by atoms with Crippen LogP contribution in [-0.2, 0) is 0 Å². The van der Waals surface area contributed by atoms with Crippen molar-refractivity contribution in [2.75, 3.05) is 18.4 Å². The van der Waals surface area contributed by atoms with Gasteiger partial charge in [-0.25, -0.2) is 13.6 Å². The van der Waals surface area contributed by atoms with E-state index in [0.717, 1.165) is 18.6 Å². The monoisotopic (exact) mass is 241 g/mol.